The van der Waals surface area contributed by atoms with Crippen molar-refractivity contribution in [2.75, 3.05) is 39.3 Å². The Kier molecular flexibility index (Phi) is 7.45. The van der Waals surface area contributed by atoms with Crippen molar-refractivity contribution >= 4 is 11.9 Å². The van der Waals surface area contributed by atoms with Gasteiger partial charge in [0.05, 0.1) is 0 Å². The van der Waals surface area contributed by atoms with Gasteiger partial charge in [-0.3, -0.25) is 9.78 Å². The van der Waals surface area contributed by atoms with Crippen LogP contribution in [0, 0.1) is 5.92 Å². The molecule has 0 spiro atoms. The SMILES string of the molecule is O=C(NCCCN1CCCC1)C1CCN(C(=O)NCc2ccncc2)CC1. The molecule has 0 bridgehead atoms. The second kappa shape index (κ2) is 10.3. The van der Waals surface area contributed by atoms with Crippen molar-refractivity contribution in [3.63, 3.8) is 0 Å². The van der Waals surface area contributed by atoms with E-state index in [9.17, 15) is 9.59 Å². The molecule has 2 N–H and O–H groups in total. The van der Waals surface area contributed by atoms with Crippen molar-refractivity contribution in [3.05, 3.63) is 30.1 Å². The highest BCUT2D eigenvalue weighted by Gasteiger charge is 2.27. The van der Waals surface area contributed by atoms with Crippen LogP contribution in [-0.2, 0) is 11.3 Å². The first-order chi connectivity index (χ1) is 13.2. The van der Waals surface area contributed by atoms with Crippen molar-refractivity contribution in [1.29, 1.82) is 0 Å². The highest BCUT2D eigenvalue weighted by Crippen LogP contribution is 2.17. The van der Waals surface area contributed by atoms with Gasteiger partial charge in [0.2, 0.25) is 5.91 Å². The number of urea groups is 1. The maximum Gasteiger partial charge on any atom is 0.317 e. The van der Waals surface area contributed by atoms with Gasteiger partial charge in [-0.2, -0.15) is 0 Å². The number of carbonyl (C=O) groups excluding carboxylic acids is 2. The third kappa shape index (κ3) is 6.20. The molecule has 0 aromatic carbocycles. The van der Waals surface area contributed by atoms with E-state index < -0.39 is 0 Å². The Morgan fingerprint density at radius 1 is 1.04 bits per heavy atom. The molecule has 3 heterocycles. The van der Waals surface area contributed by atoms with Crippen LogP contribution in [0.2, 0.25) is 0 Å². The van der Waals surface area contributed by atoms with Gasteiger partial charge >= 0.3 is 6.03 Å². The van der Waals surface area contributed by atoms with E-state index in [0.29, 0.717) is 19.6 Å². The predicted molar refractivity (Wildman–Crippen MR) is 104 cm³/mol. The van der Waals surface area contributed by atoms with Crippen LogP contribution < -0.4 is 10.6 Å². The summed E-state index contributed by atoms with van der Waals surface area (Å²) in [5.41, 5.74) is 1.03. The van der Waals surface area contributed by atoms with E-state index in [0.717, 1.165) is 37.9 Å². The lowest BCUT2D eigenvalue weighted by Crippen LogP contribution is -2.46. The van der Waals surface area contributed by atoms with Crippen LogP contribution in [0.3, 0.4) is 0 Å². The zero-order valence-corrected chi connectivity index (χ0v) is 16.0. The zero-order chi connectivity index (χ0) is 18.9. The number of likely N-dealkylation sites (tertiary alicyclic amines) is 2. The van der Waals surface area contributed by atoms with Crippen molar-refractivity contribution in [2.24, 2.45) is 5.92 Å². The summed E-state index contributed by atoms with van der Waals surface area (Å²) in [5.74, 6) is 0.175. The average molecular weight is 374 g/mol. The van der Waals surface area contributed by atoms with Crippen LogP contribution in [0.4, 0.5) is 4.79 Å². The molecule has 2 aliphatic heterocycles. The molecular weight excluding hydrogens is 342 g/mol. The molecule has 148 valence electrons. The molecular formula is C20H31N5O2. The fourth-order valence-corrected chi connectivity index (χ4v) is 3.80. The van der Waals surface area contributed by atoms with Crippen molar-refractivity contribution in [2.45, 2.75) is 38.6 Å². The monoisotopic (exact) mass is 373 g/mol. The van der Waals surface area contributed by atoms with Crippen LogP contribution in [0.1, 0.15) is 37.7 Å². The van der Waals surface area contributed by atoms with E-state index in [1.165, 1.54) is 25.9 Å². The van der Waals surface area contributed by atoms with Crippen LogP contribution in [0.5, 0.6) is 0 Å². The van der Waals surface area contributed by atoms with Gasteiger partial charge in [-0.15, -0.1) is 0 Å². The number of rotatable bonds is 7. The minimum Gasteiger partial charge on any atom is -0.356 e. The van der Waals surface area contributed by atoms with E-state index in [4.69, 9.17) is 0 Å². The lowest BCUT2D eigenvalue weighted by molar-refractivity contribution is -0.126. The van der Waals surface area contributed by atoms with E-state index in [2.05, 4.69) is 20.5 Å². The topological polar surface area (TPSA) is 77.6 Å². The molecule has 3 rings (SSSR count). The number of amides is 3. The van der Waals surface area contributed by atoms with E-state index in [1.807, 2.05) is 12.1 Å². The summed E-state index contributed by atoms with van der Waals surface area (Å²) in [6, 6.07) is 3.72. The lowest BCUT2D eigenvalue weighted by atomic mass is 9.96. The molecule has 1 aromatic rings. The Morgan fingerprint density at radius 2 is 1.74 bits per heavy atom. The van der Waals surface area contributed by atoms with Gasteiger partial charge < -0.3 is 20.4 Å². The quantitative estimate of drug-likeness (QED) is 0.712. The number of hydrogen-bond acceptors (Lipinski definition) is 4. The molecule has 2 fully saturated rings. The fourth-order valence-electron chi connectivity index (χ4n) is 3.80. The number of piperidine rings is 1. The predicted octanol–water partition coefficient (Wildman–Crippen LogP) is 1.61. The van der Waals surface area contributed by atoms with Crippen molar-refractivity contribution in [1.82, 2.24) is 25.4 Å². The van der Waals surface area contributed by atoms with E-state index in [1.54, 1.807) is 17.3 Å². The Morgan fingerprint density at radius 3 is 2.44 bits per heavy atom. The Labute approximate surface area is 161 Å². The molecule has 7 heteroatoms. The van der Waals surface area contributed by atoms with Crippen molar-refractivity contribution < 1.29 is 9.59 Å². The summed E-state index contributed by atoms with van der Waals surface area (Å²) in [6.07, 6.45) is 8.54. The van der Waals surface area contributed by atoms with Gasteiger partial charge in [-0.05, 0) is 69.4 Å². The Bertz CT molecular complexity index is 596. The number of pyridine rings is 1. The minimum atomic E-state index is -0.0590. The second-order valence-corrected chi connectivity index (χ2v) is 7.47. The van der Waals surface area contributed by atoms with Crippen LogP contribution in [0.25, 0.3) is 0 Å². The van der Waals surface area contributed by atoms with Gasteiger partial charge in [-0.1, -0.05) is 0 Å². The standard InChI is InChI=1S/C20H31N5O2/c26-19(22-8-3-13-24-11-1-2-12-24)18-6-14-25(15-7-18)20(27)23-16-17-4-9-21-10-5-17/h4-5,9-10,18H,1-3,6-8,11-16H2,(H,22,26)(H,23,27). The molecule has 0 saturated carbocycles. The molecule has 7 nitrogen and oxygen atoms in total. The third-order valence-electron chi connectivity index (χ3n) is 5.50. The van der Waals surface area contributed by atoms with Crippen LogP contribution in [-0.4, -0.2) is 66.0 Å². The molecule has 0 unspecified atom stereocenters. The molecule has 3 amide bonds. The number of nitrogens with zero attached hydrogens (tertiary/aromatic N) is 3. The number of carbonyl (C=O) groups is 2. The largest absolute Gasteiger partial charge is 0.356 e. The smallest absolute Gasteiger partial charge is 0.317 e. The van der Waals surface area contributed by atoms with Gasteiger partial charge in [0.15, 0.2) is 0 Å². The molecule has 1 aromatic heterocycles. The summed E-state index contributed by atoms with van der Waals surface area (Å²) < 4.78 is 0. The Balaban J connectivity index is 1.29. The molecule has 0 aliphatic carbocycles. The van der Waals surface area contributed by atoms with Crippen LogP contribution >= 0.6 is 0 Å². The first kappa shape index (κ1) is 19.6. The maximum absolute atomic E-state index is 12.3. The summed E-state index contributed by atoms with van der Waals surface area (Å²) in [7, 11) is 0. The summed E-state index contributed by atoms with van der Waals surface area (Å²) >= 11 is 0. The van der Waals surface area contributed by atoms with Crippen LogP contribution in [0.15, 0.2) is 24.5 Å². The molecule has 27 heavy (non-hydrogen) atoms. The van der Waals surface area contributed by atoms with Crippen molar-refractivity contribution in [3.8, 4) is 0 Å². The first-order valence-corrected chi connectivity index (χ1v) is 10.1. The highest BCUT2D eigenvalue weighted by molar-refractivity contribution is 5.79. The summed E-state index contributed by atoms with van der Waals surface area (Å²) in [4.78, 5) is 32.9. The van der Waals surface area contributed by atoms with Gasteiger partial charge in [-0.25, -0.2) is 4.79 Å². The highest BCUT2D eigenvalue weighted by atomic mass is 16.2. The fraction of sp³-hybridized carbons (Fsp3) is 0.650. The molecule has 2 aliphatic rings. The van der Waals surface area contributed by atoms with Gasteiger partial charge in [0, 0.05) is 44.5 Å². The zero-order valence-electron chi connectivity index (χ0n) is 16.0. The number of nitrogens with one attached hydrogen (secondary N) is 2. The molecule has 2 saturated heterocycles. The van der Waals surface area contributed by atoms with E-state index >= 15 is 0 Å². The minimum absolute atomic E-state index is 0.0287. The second-order valence-electron chi connectivity index (χ2n) is 7.47. The van der Waals surface area contributed by atoms with Gasteiger partial charge in [0.25, 0.3) is 0 Å². The average Bonchev–Trinajstić information content (AvgIpc) is 3.24. The molecule has 0 radical (unpaired) electrons. The first-order valence-electron chi connectivity index (χ1n) is 10.1. The number of hydrogen-bond donors (Lipinski definition) is 2. The summed E-state index contributed by atoms with van der Waals surface area (Å²) in [6.45, 7) is 6.00. The normalized spacial score (nSPS) is 18.4. The van der Waals surface area contributed by atoms with E-state index in [-0.39, 0.29) is 17.9 Å². The molecule has 0 atom stereocenters. The Hall–Kier alpha value is -2.15. The third-order valence-corrected chi connectivity index (χ3v) is 5.50. The number of aromatic nitrogens is 1. The maximum atomic E-state index is 12.3. The lowest BCUT2D eigenvalue weighted by Gasteiger charge is -2.31. The van der Waals surface area contributed by atoms with Gasteiger partial charge in [0.1, 0.15) is 0 Å². The summed E-state index contributed by atoms with van der Waals surface area (Å²) in [5, 5.41) is 6.01.